The van der Waals surface area contributed by atoms with E-state index < -0.39 is 23.8 Å². The number of amides is 2. The number of carboxylic acids is 1. The molecule has 1 heterocycles. The fourth-order valence-corrected chi connectivity index (χ4v) is 1.29. The lowest BCUT2D eigenvalue weighted by atomic mass is 10.1. The highest BCUT2D eigenvalue weighted by molar-refractivity contribution is 5.95. The third-order valence-electron chi connectivity index (χ3n) is 2.23. The van der Waals surface area contributed by atoms with Crippen LogP contribution in [-0.2, 0) is 9.59 Å². The number of hydrogen-bond acceptors (Lipinski definition) is 5. The molecule has 0 spiro atoms. The van der Waals surface area contributed by atoms with E-state index in [0.717, 1.165) is 6.39 Å². The third-order valence-corrected chi connectivity index (χ3v) is 2.23. The van der Waals surface area contributed by atoms with Crippen LogP contribution in [0.15, 0.2) is 10.8 Å². The second-order valence-corrected chi connectivity index (χ2v) is 3.64. The highest BCUT2D eigenvalue weighted by atomic mass is 16.4. The van der Waals surface area contributed by atoms with Crippen LogP contribution < -0.4 is 11.1 Å². The van der Waals surface area contributed by atoms with Gasteiger partial charge in [0.1, 0.15) is 6.04 Å². The first-order chi connectivity index (χ1) is 8.41. The Labute approximate surface area is 102 Å². The van der Waals surface area contributed by atoms with Gasteiger partial charge in [-0.25, -0.2) is 9.78 Å². The maximum Gasteiger partial charge on any atom is 0.326 e. The zero-order chi connectivity index (χ0) is 13.7. The predicted octanol–water partition coefficient (Wildman–Crippen LogP) is -0.568. The summed E-state index contributed by atoms with van der Waals surface area (Å²) in [6.07, 6.45) is 0.875. The Kier molecular flexibility index (Phi) is 4.41. The second-order valence-electron chi connectivity index (χ2n) is 3.64. The molecule has 0 saturated heterocycles. The van der Waals surface area contributed by atoms with Crippen LogP contribution in [0.5, 0.6) is 0 Å². The Morgan fingerprint density at radius 3 is 2.67 bits per heavy atom. The van der Waals surface area contributed by atoms with E-state index in [9.17, 15) is 14.4 Å². The van der Waals surface area contributed by atoms with Gasteiger partial charge in [-0.1, -0.05) is 0 Å². The summed E-state index contributed by atoms with van der Waals surface area (Å²) in [5.74, 6) is -2.63. The minimum atomic E-state index is -1.25. The molecule has 0 aliphatic carbocycles. The van der Waals surface area contributed by atoms with E-state index in [2.05, 4.69) is 10.3 Å². The van der Waals surface area contributed by atoms with Crippen molar-refractivity contribution in [2.45, 2.75) is 25.8 Å². The van der Waals surface area contributed by atoms with Gasteiger partial charge in [0.25, 0.3) is 5.91 Å². The predicted molar refractivity (Wildman–Crippen MR) is 58.6 cm³/mol. The van der Waals surface area contributed by atoms with Crippen LogP contribution in [-0.4, -0.2) is 33.9 Å². The minimum Gasteiger partial charge on any atom is -0.480 e. The van der Waals surface area contributed by atoms with Crippen LogP contribution in [0.4, 0.5) is 0 Å². The van der Waals surface area contributed by atoms with Gasteiger partial charge in [-0.2, -0.15) is 0 Å². The molecule has 98 valence electrons. The van der Waals surface area contributed by atoms with E-state index in [4.69, 9.17) is 15.3 Å². The molecule has 2 amide bonds. The summed E-state index contributed by atoms with van der Waals surface area (Å²) in [6.45, 7) is 1.55. The quantitative estimate of drug-likeness (QED) is 0.622. The van der Waals surface area contributed by atoms with Gasteiger partial charge in [-0.05, 0) is 13.3 Å². The molecule has 0 aliphatic heterocycles. The molecule has 0 aromatic carbocycles. The first kappa shape index (κ1) is 13.7. The van der Waals surface area contributed by atoms with Crippen molar-refractivity contribution in [1.29, 1.82) is 0 Å². The summed E-state index contributed by atoms with van der Waals surface area (Å²) in [6, 6.07) is -1.20. The molecular formula is C10H13N3O5. The van der Waals surface area contributed by atoms with Crippen molar-refractivity contribution in [3.63, 3.8) is 0 Å². The smallest absolute Gasteiger partial charge is 0.326 e. The van der Waals surface area contributed by atoms with Crippen LogP contribution in [0, 0.1) is 6.92 Å². The summed E-state index contributed by atoms with van der Waals surface area (Å²) in [5.41, 5.74) is 5.27. The Balaban J connectivity index is 2.67. The van der Waals surface area contributed by atoms with Crippen molar-refractivity contribution >= 4 is 17.8 Å². The molecule has 0 saturated carbocycles. The van der Waals surface area contributed by atoms with Gasteiger partial charge < -0.3 is 20.6 Å². The summed E-state index contributed by atoms with van der Waals surface area (Å²) in [7, 11) is 0. The van der Waals surface area contributed by atoms with Crippen molar-refractivity contribution in [2.75, 3.05) is 0 Å². The maximum absolute atomic E-state index is 11.7. The number of primary amides is 1. The van der Waals surface area contributed by atoms with Crippen LogP contribution in [0.25, 0.3) is 0 Å². The molecule has 1 unspecified atom stereocenters. The zero-order valence-electron chi connectivity index (χ0n) is 9.67. The summed E-state index contributed by atoms with van der Waals surface area (Å²) < 4.78 is 4.82. The number of aliphatic carboxylic acids is 1. The molecule has 8 nitrogen and oxygen atoms in total. The average Bonchev–Trinajstić information content (AvgIpc) is 2.69. The number of nitrogens with zero attached hydrogens (tertiary/aromatic N) is 1. The minimum absolute atomic E-state index is 0.0553. The van der Waals surface area contributed by atoms with Gasteiger partial charge in [0.2, 0.25) is 11.7 Å². The number of carbonyl (C=O) groups excluding carboxylic acids is 2. The second kappa shape index (κ2) is 5.80. The Bertz CT molecular complexity index is 468. The molecule has 0 fully saturated rings. The van der Waals surface area contributed by atoms with E-state index in [1.54, 1.807) is 6.92 Å². The zero-order valence-corrected chi connectivity index (χ0v) is 9.67. The van der Waals surface area contributed by atoms with E-state index in [1.165, 1.54) is 0 Å². The lowest BCUT2D eigenvalue weighted by Crippen LogP contribution is -2.41. The topological polar surface area (TPSA) is 136 Å². The molecule has 0 bridgehead atoms. The molecule has 1 aromatic rings. The first-order valence-electron chi connectivity index (χ1n) is 5.14. The summed E-state index contributed by atoms with van der Waals surface area (Å²) in [5, 5.41) is 11.1. The molecule has 0 radical (unpaired) electrons. The van der Waals surface area contributed by atoms with Gasteiger partial charge in [-0.15, -0.1) is 0 Å². The number of aryl methyl sites for hydroxylation is 1. The van der Waals surface area contributed by atoms with Gasteiger partial charge in [0.05, 0.1) is 5.69 Å². The molecule has 1 atom stereocenters. The lowest BCUT2D eigenvalue weighted by molar-refractivity contribution is -0.139. The molecule has 4 N–H and O–H groups in total. The van der Waals surface area contributed by atoms with Crippen LogP contribution in [0.2, 0.25) is 0 Å². The number of nitrogens with one attached hydrogen (secondary N) is 1. The number of oxazole rings is 1. The van der Waals surface area contributed by atoms with E-state index in [-0.39, 0.29) is 18.6 Å². The van der Waals surface area contributed by atoms with Crippen molar-refractivity contribution in [3.8, 4) is 0 Å². The summed E-state index contributed by atoms with van der Waals surface area (Å²) >= 11 is 0. The van der Waals surface area contributed by atoms with Gasteiger partial charge >= 0.3 is 5.97 Å². The fraction of sp³-hybridized carbons (Fsp3) is 0.400. The Morgan fingerprint density at radius 1 is 1.56 bits per heavy atom. The van der Waals surface area contributed by atoms with Crippen molar-refractivity contribution < 1.29 is 23.9 Å². The number of hydrogen-bond donors (Lipinski definition) is 3. The molecule has 1 aromatic heterocycles. The van der Waals surface area contributed by atoms with Gasteiger partial charge in [0.15, 0.2) is 6.39 Å². The number of rotatable bonds is 6. The largest absolute Gasteiger partial charge is 0.480 e. The summed E-state index contributed by atoms with van der Waals surface area (Å²) in [4.78, 5) is 36.8. The van der Waals surface area contributed by atoms with E-state index in [1.807, 2.05) is 0 Å². The normalized spacial score (nSPS) is 11.8. The Morgan fingerprint density at radius 2 is 2.22 bits per heavy atom. The van der Waals surface area contributed by atoms with Crippen molar-refractivity contribution in [3.05, 3.63) is 17.8 Å². The van der Waals surface area contributed by atoms with Crippen LogP contribution in [0.3, 0.4) is 0 Å². The number of nitrogens with two attached hydrogens (primary N) is 1. The van der Waals surface area contributed by atoms with Crippen molar-refractivity contribution in [2.24, 2.45) is 5.73 Å². The number of carboxylic acid groups (broad SMARTS) is 1. The van der Waals surface area contributed by atoms with E-state index in [0.29, 0.717) is 5.69 Å². The van der Waals surface area contributed by atoms with Crippen LogP contribution in [0.1, 0.15) is 29.1 Å². The lowest BCUT2D eigenvalue weighted by Gasteiger charge is -2.12. The highest BCUT2D eigenvalue weighted by Gasteiger charge is 2.23. The maximum atomic E-state index is 11.7. The van der Waals surface area contributed by atoms with Gasteiger partial charge in [0, 0.05) is 6.42 Å². The molecular weight excluding hydrogens is 242 g/mol. The molecule has 0 aliphatic rings. The molecule has 8 heteroatoms. The van der Waals surface area contributed by atoms with Crippen LogP contribution >= 0.6 is 0 Å². The highest BCUT2D eigenvalue weighted by Crippen LogP contribution is 2.06. The standard InChI is InChI=1S/C10H13N3O5/c1-5-8(18-4-12-5)9(15)13-6(10(16)17)2-3-7(11)14/h4,6H,2-3H2,1H3,(H2,11,14)(H,13,15)(H,16,17). The monoisotopic (exact) mass is 255 g/mol. The third kappa shape index (κ3) is 3.58. The number of aromatic nitrogens is 1. The average molecular weight is 255 g/mol. The van der Waals surface area contributed by atoms with E-state index >= 15 is 0 Å². The Hall–Kier alpha value is -2.38. The fourth-order valence-electron chi connectivity index (χ4n) is 1.29. The van der Waals surface area contributed by atoms with Gasteiger partial charge in [-0.3, -0.25) is 9.59 Å². The first-order valence-corrected chi connectivity index (χ1v) is 5.14. The van der Waals surface area contributed by atoms with Crippen molar-refractivity contribution in [1.82, 2.24) is 10.3 Å². The SMILES string of the molecule is Cc1ncoc1C(=O)NC(CCC(N)=O)C(=O)O. The molecule has 18 heavy (non-hydrogen) atoms. The molecule has 1 rings (SSSR count). The number of carbonyl (C=O) groups is 3.